The number of rotatable bonds is 2. The van der Waals surface area contributed by atoms with Gasteiger partial charge in [-0.3, -0.25) is 0 Å². The normalized spacial score (nSPS) is 13.3. The third-order valence-corrected chi connectivity index (χ3v) is 7.00. The summed E-state index contributed by atoms with van der Waals surface area (Å²) in [5.74, 6) is 0. The van der Waals surface area contributed by atoms with Crippen LogP contribution in [-0.4, -0.2) is 4.57 Å². The number of benzene rings is 4. The van der Waals surface area contributed by atoms with Gasteiger partial charge in [-0.2, -0.15) is 0 Å². The van der Waals surface area contributed by atoms with E-state index in [2.05, 4.69) is 125 Å². The van der Waals surface area contributed by atoms with E-state index in [1.54, 1.807) is 0 Å². The highest BCUT2D eigenvalue weighted by molar-refractivity contribution is 6.15. The molecule has 5 aromatic rings. The zero-order chi connectivity index (χ0) is 24.5. The summed E-state index contributed by atoms with van der Waals surface area (Å²) < 4.78 is 2.54. The predicted molar refractivity (Wildman–Crippen MR) is 156 cm³/mol. The van der Waals surface area contributed by atoms with Gasteiger partial charge in [-0.05, 0) is 36.6 Å². The van der Waals surface area contributed by atoms with Crippen molar-refractivity contribution in [3.8, 4) is 33.5 Å². The maximum Gasteiger partial charge on any atom is 0.0638 e. The highest BCUT2D eigenvalue weighted by atomic mass is 15.0. The molecule has 176 valence electrons. The van der Waals surface area contributed by atoms with E-state index < -0.39 is 0 Å². The van der Waals surface area contributed by atoms with Gasteiger partial charge < -0.3 is 9.88 Å². The molecule has 2 aliphatic rings. The number of hydrogen-bond donors (Lipinski definition) is 1. The second-order valence-electron chi connectivity index (χ2n) is 8.97. The lowest BCUT2D eigenvalue weighted by Gasteiger charge is -2.19. The number of para-hydroxylation sites is 3. The highest BCUT2D eigenvalue weighted by Crippen LogP contribution is 2.51. The van der Waals surface area contributed by atoms with Crippen LogP contribution >= 0.6 is 0 Å². The molecule has 1 aliphatic heterocycles. The molecule has 36 heavy (non-hydrogen) atoms. The van der Waals surface area contributed by atoms with E-state index in [9.17, 15) is 0 Å². The van der Waals surface area contributed by atoms with Gasteiger partial charge in [0.2, 0.25) is 0 Å². The van der Waals surface area contributed by atoms with Crippen molar-refractivity contribution < 1.29 is 0 Å². The molecule has 0 spiro atoms. The quantitative estimate of drug-likeness (QED) is 0.269. The van der Waals surface area contributed by atoms with Crippen LogP contribution in [0.4, 0.5) is 11.4 Å². The van der Waals surface area contributed by atoms with Crippen LogP contribution in [0.5, 0.6) is 0 Å². The maximum atomic E-state index is 3.73. The molecule has 0 bridgehead atoms. The predicted octanol–water partition coefficient (Wildman–Crippen LogP) is 9.92. The van der Waals surface area contributed by atoms with Gasteiger partial charge in [-0.1, -0.05) is 111 Å². The van der Waals surface area contributed by atoms with Crippen molar-refractivity contribution >= 4 is 28.0 Å². The molecule has 0 radical (unpaired) electrons. The molecule has 0 fully saturated rings. The molecule has 2 nitrogen and oxygen atoms in total. The van der Waals surface area contributed by atoms with E-state index in [0.717, 1.165) is 24.2 Å². The van der Waals surface area contributed by atoms with Crippen molar-refractivity contribution in [3.05, 3.63) is 115 Å². The van der Waals surface area contributed by atoms with Crippen molar-refractivity contribution in [2.45, 2.75) is 26.7 Å². The van der Waals surface area contributed by atoms with Crippen LogP contribution in [0, 0.1) is 0 Å². The van der Waals surface area contributed by atoms with Gasteiger partial charge in [0.25, 0.3) is 0 Å². The molecule has 2 heteroatoms. The molecule has 0 atom stereocenters. The van der Waals surface area contributed by atoms with Gasteiger partial charge in [-0.25, -0.2) is 0 Å². The summed E-state index contributed by atoms with van der Waals surface area (Å²) in [5, 5.41) is 5.02. The summed E-state index contributed by atoms with van der Waals surface area (Å²) in [6.07, 6.45) is 8.84. The van der Waals surface area contributed by atoms with Crippen LogP contribution in [0.2, 0.25) is 0 Å². The third kappa shape index (κ3) is 3.49. The van der Waals surface area contributed by atoms with Crippen LogP contribution in [0.25, 0.3) is 50.1 Å². The minimum atomic E-state index is 1.02. The molecular weight excluding hydrogens is 436 g/mol. The van der Waals surface area contributed by atoms with Gasteiger partial charge in [0.05, 0.1) is 11.2 Å². The van der Waals surface area contributed by atoms with Crippen LogP contribution in [-0.2, 0) is 0 Å². The minimum Gasteiger partial charge on any atom is -0.354 e. The first-order valence-corrected chi connectivity index (χ1v) is 12.9. The van der Waals surface area contributed by atoms with Gasteiger partial charge in [0, 0.05) is 44.7 Å². The van der Waals surface area contributed by atoms with Gasteiger partial charge >= 0.3 is 0 Å². The summed E-state index contributed by atoms with van der Waals surface area (Å²) >= 11 is 0. The minimum absolute atomic E-state index is 1.02. The Balaban J connectivity index is 0.00000117. The summed E-state index contributed by atoms with van der Waals surface area (Å²) in [7, 11) is 0. The number of aromatic nitrogens is 1. The lowest BCUT2D eigenvalue weighted by Crippen LogP contribution is -2.03. The van der Waals surface area contributed by atoms with E-state index >= 15 is 0 Å². The van der Waals surface area contributed by atoms with E-state index in [1.807, 2.05) is 13.8 Å². The summed E-state index contributed by atoms with van der Waals surface area (Å²) in [6, 6.07) is 35.0. The molecule has 0 saturated carbocycles. The van der Waals surface area contributed by atoms with Gasteiger partial charge in [-0.15, -0.1) is 0 Å². The molecule has 4 aromatic carbocycles. The molecule has 7 rings (SSSR count). The first kappa shape index (κ1) is 22.2. The molecule has 1 aromatic heterocycles. The molecule has 1 aliphatic carbocycles. The Morgan fingerprint density at radius 3 is 2.08 bits per heavy atom. The summed E-state index contributed by atoms with van der Waals surface area (Å²) in [6.45, 7) is 4.00. The van der Waals surface area contributed by atoms with Crippen molar-refractivity contribution in [2.24, 2.45) is 0 Å². The first-order chi connectivity index (χ1) is 17.9. The zero-order valence-electron chi connectivity index (χ0n) is 20.8. The number of nitrogens with one attached hydrogen (secondary N) is 1. The van der Waals surface area contributed by atoms with Crippen molar-refractivity contribution in [1.82, 2.24) is 4.57 Å². The summed E-state index contributed by atoms with van der Waals surface area (Å²) in [4.78, 5) is 0. The Kier molecular flexibility index (Phi) is 5.79. The maximum absolute atomic E-state index is 3.73. The Morgan fingerprint density at radius 2 is 1.33 bits per heavy atom. The third-order valence-electron chi connectivity index (χ3n) is 7.00. The SMILES string of the molecule is C1=CCCC(n2c3c(c4cccc(-c5ccccc5)c42)-c2ccccc2Nc2ccccc2-3)=C1.CC. The van der Waals surface area contributed by atoms with Crippen LogP contribution in [0.1, 0.15) is 26.7 Å². The van der Waals surface area contributed by atoms with Crippen LogP contribution < -0.4 is 5.32 Å². The second kappa shape index (κ2) is 9.39. The number of fused-ring (bicyclic) bond motifs is 7. The monoisotopic (exact) mass is 466 g/mol. The number of anilines is 2. The largest absolute Gasteiger partial charge is 0.354 e. The Morgan fingerprint density at radius 1 is 0.667 bits per heavy atom. The van der Waals surface area contributed by atoms with Crippen LogP contribution in [0.15, 0.2) is 115 Å². The molecule has 2 heterocycles. The van der Waals surface area contributed by atoms with Gasteiger partial charge in [0.1, 0.15) is 0 Å². The summed E-state index contributed by atoms with van der Waals surface area (Å²) in [5.41, 5.74) is 12.5. The van der Waals surface area contributed by atoms with Crippen molar-refractivity contribution in [1.29, 1.82) is 0 Å². The standard InChI is InChI=1S/C32H24N2.C2H6/c1-3-12-22(13-4-1)24-18-11-19-27-30-25-16-7-9-20-28(25)33-29-21-10-8-17-26(29)32(30)34(31(24)27)23-14-5-2-6-15-23;1-2/h1-5,7-14,16-21,33H,6,15H2;1-2H3. The lowest BCUT2D eigenvalue weighted by molar-refractivity contribution is 0.968. The van der Waals surface area contributed by atoms with Crippen molar-refractivity contribution in [2.75, 3.05) is 5.32 Å². The molecule has 0 unspecified atom stereocenters. The van der Waals surface area contributed by atoms with Crippen LogP contribution in [0.3, 0.4) is 0 Å². The van der Waals surface area contributed by atoms with E-state index in [4.69, 9.17) is 0 Å². The molecular formula is C34H30N2. The fourth-order valence-corrected chi connectivity index (χ4v) is 5.53. The number of hydrogen-bond acceptors (Lipinski definition) is 1. The van der Waals surface area contributed by atoms with E-state index in [-0.39, 0.29) is 0 Å². The average Bonchev–Trinajstić information content (AvgIpc) is 3.23. The van der Waals surface area contributed by atoms with Gasteiger partial charge in [0.15, 0.2) is 0 Å². The molecule has 0 amide bonds. The lowest BCUT2D eigenvalue weighted by atomic mass is 9.96. The molecule has 1 N–H and O–H groups in total. The van der Waals surface area contributed by atoms with E-state index in [0.29, 0.717) is 0 Å². The first-order valence-electron chi connectivity index (χ1n) is 12.9. The zero-order valence-corrected chi connectivity index (χ0v) is 20.8. The van der Waals surface area contributed by atoms with E-state index in [1.165, 1.54) is 50.1 Å². The number of nitrogens with zero attached hydrogens (tertiary/aromatic N) is 1. The fraction of sp³-hybridized carbons (Fsp3) is 0.118. The topological polar surface area (TPSA) is 17.0 Å². The Bertz CT molecular complexity index is 1620. The second-order valence-corrected chi connectivity index (χ2v) is 8.97. The number of allylic oxidation sites excluding steroid dienone is 4. The smallest absolute Gasteiger partial charge is 0.0638 e. The average molecular weight is 467 g/mol. The Hall–Kier alpha value is -4.30. The Labute approximate surface area is 213 Å². The van der Waals surface area contributed by atoms with Crippen molar-refractivity contribution in [3.63, 3.8) is 0 Å². The molecule has 0 saturated heterocycles. The fourth-order valence-electron chi connectivity index (χ4n) is 5.53. The highest BCUT2D eigenvalue weighted by Gasteiger charge is 2.28.